The third kappa shape index (κ3) is 4.83. The molecule has 5 nitrogen and oxygen atoms in total. The number of benzene rings is 1. The minimum atomic E-state index is 0.421. The zero-order valence-electron chi connectivity index (χ0n) is 16.1. The number of hydrogen-bond donors (Lipinski definition) is 2. The monoisotopic (exact) mass is 371 g/mol. The smallest absolute Gasteiger partial charge is 0.191 e. The van der Waals surface area contributed by atoms with Crippen molar-refractivity contribution < 1.29 is 0 Å². The van der Waals surface area contributed by atoms with E-state index in [2.05, 4.69) is 76.6 Å². The lowest BCUT2D eigenvalue weighted by molar-refractivity contribution is 0.258. The highest BCUT2D eigenvalue weighted by atomic mass is 32.1. The zero-order chi connectivity index (χ0) is 18.5. The van der Waals surface area contributed by atoms with Crippen LogP contribution in [0.2, 0.25) is 0 Å². The molecule has 0 spiro atoms. The molecule has 2 N–H and O–H groups in total. The van der Waals surface area contributed by atoms with Crippen molar-refractivity contribution in [3.05, 3.63) is 51.5 Å². The van der Waals surface area contributed by atoms with Gasteiger partial charge in [0.25, 0.3) is 0 Å². The normalized spacial score (nSPS) is 21.2. The van der Waals surface area contributed by atoms with Crippen LogP contribution in [0.5, 0.6) is 0 Å². The Kier molecular flexibility index (Phi) is 6.27. The van der Waals surface area contributed by atoms with Gasteiger partial charge in [0.05, 0.1) is 17.2 Å². The Balaban J connectivity index is 1.52. The lowest BCUT2D eigenvalue weighted by Gasteiger charge is -2.21. The van der Waals surface area contributed by atoms with E-state index in [9.17, 15) is 0 Å². The molecule has 1 saturated heterocycles. The molecular weight excluding hydrogens is 342 g/mol. The van der Waals surface area contributed by atoms with Gasteiger partial charge in [-0.3, -0.25) is 9.89 Å². The van der Waals surface area contributed by atoms with Gasteiger partial charge >= 0.3 is 0 Å². The van der Waals surface area contributed by atoms with Gasteiger partial charge in [-0.05, 0) is 32.8 Å². The molecule has 1 aromatic heterocycles. The number of nitrogens with one attached hydrogen (secondary N) is 2. The summed E-state index contributed by atoms with van der Waals surface area (Å²) in [6.07, 6.45) is 1.13. The highest BCUT2D eigenvalue weighted by Gasteiger charge is 2.29. The number of guanidine groups is 1. The van der Waals surface area contributed by atoms with Crippen LogP contribution < -0.4 is 10.6 Å². The minimum absolute atomic E-state index is 0.421. The third-order valence-corrected chi connectivity index (χ3v) is 5.99. The molecule has 140 valence electrons. The Morgan fingerprint density at radius 2 is 2.08 bits per heavy atom. The Morgan fingerprint density at radius 1 is 1.31 bits per heavy atom. The molecule has 6 heteroatoms. The van der Waals surface area contributed by atoms with E-state index in [0.717, 1.165) is 42.7 Å². The predicted molar refractivity (Wildman–Crippen MR) is 110 cm³/mol. The van der Waals surface area contributed by atoms with E-state index in [-0.39, 0.29) is 0 Å². The van der Waals surface area contributed by atoms with E-state index in [4.69, 9.17) is 0 Å². The molecule has 0 radical (unpaired) electrons. The zero-order valence-corrected chi connectivity index (χ0v) is 16.9. The third-order valence-electron chi connectivity index (χ3n) is 4.91. The summed E-state index contributed by atoms with van der Waals surface area (Å²) in [6.45, 7) is 9.24. The van der Waals surface area contributed by atoms with E-state index >= 15 is 0 Å². The first-order valence-corrected chi connectivity index (χ1v) is 10.0. The highest BCUT2D eigenvalue weighted by Crippen LogP contribution is 2.20. The van der Waals surface area contributed by atoms with Gasteiger partial charge < -0.3 is 10.6 Å². The van der Waals surface area contributed by atoms with Crippen molar-refractivity contribution >= 4 is 17.3 Å². The number of nitrogens with zero attached hydrogens (tertiary/aromatic N) is 3. The number of rotatable bonds is 5. The minimum Gasteiger partial charge on any atom is -0.352 e. The summed E-state index contributed by atoms with van der Waals surface area (Å²) in [5.41, 5.74) is 2.48. The van der Waals surface area contributed by atoms with Crippen molar-refractivity contribution in [1.82, 2.24) is 20.5 Å². The van der Waals surface area contributed by atoms with Gasteiger partial charge in [0.15, 0.2) is 5.96 Å². The van der Waals surface area contributed by atoms with Crippen LogP contribution >= 0.6 is 11.3 Å². The second-order valence-electron chi connectivity index (χ2n) is 7.01. The van der Waals surface area contributed by atoms with Gasteiger partial charge in [0, 0.05) is 37.1 Å². The van der Waals surface area contributed by atoms with Gasteiger partial charge in [0.1, 0.15) is 0 Å². The standard InChI is InChI=1S/C20H29N5S/c1-14-10-18(13-25(14)12-17-8-6-5-7-9-17)24-20(21-4)22-11-19-15(2)23-16(3)26-19/h5-9,14,18H,10-13H2,1-4H3,(H2,21,22,24). The number of aliphatic imine (C=N–C) groups is 1. The molecule has 2 aromatic rings. The summed E-state index contributed by atoms with van der Waals surface area (Å²) in [4.78, 5) is 12.7. The highest BCUT2D eigenvalue weighted by molar-refractivity contribution is 7.11. The average Bonchev–Trinajstić information content (AvgIpc) is 3.13. The van der Waals surface area contributed by atoms with Crippen LogP contribution in [-0.4, -0.2) is 41.5 Å². The van der Waals surface area contributed by atoms with E-state index < -0.39 is 0 Å². The Bertz CT molecular complexity index is 740. The van der Waals surface area contributed by atoms with Gasteiger partial charge in [-0.2, -0.15) is 0 Å². The summed E-state index contributed by atoms with van der Waals surface area (Å²) in [7, 11) is 1.83. The molecule has 1 aliphatic heterocycles. The number of aryl methyl sites for hydroxylation is 2. The topological polar surface area (TPSA) is 52.6 Å². The Hall–Kier alpha value is -1.92. The van der Waals surface area contributed by atoms with Gasteiger partial charge in [-0.25, -0.2) is 4.98 Å². The molecule has 0 bridgehead atoms. The van der Waals surface area contributed by atoms with Crippen molar-refractivity contribution in [2.24, 2.45) is 4.99 Å². The molecule has 2 atom stereocenters. The molecule has 26 heavy (non-hydrogen) atoms. The van der Waals surface area contributed by atoms with E-state index in [1.54, 1.807) is 11.3 Å². The van der Waals surface area contributed by atoms with Gasteiger partial charge in [-0.1, -0.05) is 30.3 Å². The lowest BCUT2D eigenvalue weighted by Crippen LogP contribution is -2.44. The first-order valence-electron chi connectivity index (χ1n) is 9.23. The van der Waals surface area contributed by atoms with Crippen molar-refractivity contribution in [1.29, 1.82) is 0 Å². The number of aromatic nitrogens is 1. The Labute approximate surface area is 160 Å². The molecule has 3 rings (SSSR count). The molecule has 1 aliphatic rings. The molecule has 1 fully saturated rings. The fourth-order valence-electron chi connectivity index (χ4n) is 3.53. The van der Waals surface area contributed by atoms with Gasteiger partial charge in [-0.15, -0.1) is 11.3 Å². The second kappa shape index (κ2) is 8.64. The Morgan fingerprint density at radius 3 is 2.73 bits per heavy atom. The summed E-state index contributed by atoms with van der Waals surface area (Å²) < 4.78 is 0. The lowest BCUT2D eigenvalue weighted by atomic mass is 10.2. The SMILES string of the molecule is CN=C(NCc1sc(C)nc1C)NC1CC(C)N(Cc2ccccc2)C1. The van der Waals surface area contributed by atoms with Crippen LogP contribution in [0.4, 0.5) is 0 Å². The number of likely N-dealkylation sites (tertiary alicyclic amines) is 1. The maximum Gasteiger partial charge on any atom is 0.191 e. The second-order valence-corrected chi connectivity index (χ2v) is 8.30. The summed E-state index contributed by atoms with van der Waals surface area (Å²) in [5, 5.41) is 8.14. The van der Waals surface area contributed by atoms with Crippen molar-refractivity contribution in [2.75, 3.05) is 13.6 Å². The fraction of sp³-hybridized carbons (Fsp3) is 0.500. The largest absolute Gasteiger partial charge is 0.352 e. The van der Waals surface area contributed by atoms with Crippen molar-refractivity contribution in [2.45, 2.75) is 52.4 Å². The summed E-state index contributed by atoms with van der Waals surface area (Å²) in [5.74, 6) is 0.870. The summed E-state index contributed by atoms with van der Waals surface area (Å²) in [6, 6.07) is 11.7. The van der Waals surface area contributed by atoms with Crippen molar-refractivity contribution in [3.63, 3.8) is 0 Å². The van der Waals surface area contributed by atoms with Crippen LogP contribution in [-0.2, 0) is 13.1 Å². The van der Waals surface area contributed by atoms with Crippen LogP contribution in [0.25, 0.3) is 0 Å². The molecule has 2 unspecified atom stereocenters. The molecule has 1 aromatic carbocycles. The van der Waals surface area contributed by atoms with Crippen LogP contribution in [0.1, 0.15) is 34.5 Å². The first-order chi connectivity index (χ1) is 12.5. The molecule has 0 aliphatic carbocycles. The first kappa shape index (κ1) is 18.9. The van der Waals surface area contributed by atoms with Crippen LogP contribution in [0.3, 0.4) is 0 Å². The van der Waals surface area contributed by atoms with Crippen molar-refractivity contribution in [3.8, 4) is 0 Å². The molecular formula is C20H29N5S. The van der Waals surface area contributed by atoms with E-state index in [1.807, 2.05) is 7.05 Å². The number of thiazole rings is 1. The van der Waals surface area contributed by atoms with Gasteiger partial charge in [0.2, 0.25) is 0 Å². The van der Waals surface area contributed by atoms with Crippen LogP contribution in [0.15, 0.2) is 35.3 Å². The van der Waals surface area contributed by atoms with Crippen LogP contribution in [0, 0.1) is 13.8 Å². The number of hydrogen-bond acceptors (Lipinski definition) is 4. The molecule has 0 saturated carbocycles. The maximum absolute atomic E-state index is 4.49. The maximum atomic E-state index is 4.49. The molecule has 0 amide bonds. The fourth-order valence-corrected chi connectivity index (χ4v) is 4.41. The van der Waals surface area contributed by atoms with E-state index in [0.29, 0.717) is 12.1 Å². The molecule has 2 heterocycles. The average molecular weight is 372 g/mol. The predicted octanol–water partition coefficient (Wildman–Crippen LogP) is 3.09. The quantitative estimate of drug-likeness (QED) is 0.626. The summed E-state index contributed by atoms with van der Waals surface area (Å²) >= 11 is 1.75. The van der Waals surface area contributed by atoms with E-state index in [1.165, 1.54) is 10.4 Å².